The second kappa shape index (κ2) is 8.43. The fourth-order valence-electron chi connectivity index (χ4n) is 1.54. The van der Waals surface area contributed by atoms with Gasteiger partial charge in [0.15, 0.2) is 0 Å². The predicted molar refractivity (Wildman–Crippen MR) is 82.0 cm³/mol. The molecule has 112 valence electrons. The van der Waals surface area contributed by atoms with E-state index in [1.165, 1.54) is 0 Å². The number of para-hydroxylation sites is 1. The van der Waals surface area contributed by atoms with E-state index in [1.807, 2.05) is 51.1 Å². The maximum Gasteiger partial charge on any atom is 0.407 e. The fourth-order valence-corrected chi connectivity index (χ4v) is 1.54. The molecular formula is C15H25N3O2. The van der Waals surface area contributed by atoms with Crippen LogP contribution in [0.3, 0.4) is 0 Å². The number of ether oxygens (including phenoxy) is 1. The Bertz CT molecular complexity index is 388. The summed E-state index contributed by atoms with van der Waals surface area (Å²) in [5.74, 6) is 0. The van der Waals surface area contributed by atoms with Crippen molar-refractivity contribution in [3.8, 4) is 0 Å². The number of hydrogen-bond acceptors (Lipinski definition) is 4. The Morgan fingerprint density at radius 3 is 2.35 bits per heavy atom. The van der Waals surface area contributed by atoms with E-state index in [1.54, 1.807) is 0 Å². The number of amides is 1. The summed E-state index contributed by atoms with van der Waals surface area (Å²) < 4.78 is 5.13. The van der Waals surface area contributed by atoms with Crippen molar-refractivity contribution in [2.24, 2.45) is 0 Å². The number of hydrogen-bond donors (Lipinski definition) is 3. The Hall–Kier alpha value is -1.75. The van der Waals surface area contributed by atoms with Crippen LogP contribution < -0.4 is 16.0 Å². The molecule has 20 heavy (non-hydrogen) atoms. The largest absolute Gasteiger partial charge is 0.444 e. The van der Waals surface area contributed by atoms with Gasteiger partial charge in [-0.15, -0.1) is 0 Å². The smallest absolute Gasteiger partial charge is 0.407 e. The van der Waals surface area contributed by atoms with Gasteiger partial charge in [-0.05, 0) is 32.9 Å². The molecule has 1 aromatic rings. The lowest BCUT2D eigenvalue weighted by Gasteiger charge is -2.19. The summed E-state index contributed by atoms with van der Waals surface area (Å²) in [5.41, 5.74) is 0.665. The Kier molecular flexibility index (Phi) is 6.87. The molecule has 3 N–H and O–H groups in total. The van der Waals surface area contributed by atoms with Crippen LogP contribution in [0.25, 0.3) is 0 Å². The molecule has 0 heterocycles. The van der Waals surface area contributed by atoms with Crippen molar-refractivity contribution < 1.29 is 9.53 Å². The monoisotopic (exact) mass is 279 g/mol. The van der Waals surface area contributed by atoms with Gasteiger partial charge in [0.1, 0.15) is 5.60 Å². The van der Waals surface area contributed by atoms with Gasteiger partial charge in [0.05, 0.1) is 0 Å². The molecule has 0 aliphatic heterocycles. The van der Waals surface area contributed by atoms with E-state index in [4.69, 9.17) is 4.74 Å². The van der Waals surface area contributed by atoms with Gasteiger partial charge in [-0.1, -0.05) is 18.2 Å². The highest BCUT2D eigenvalue weighted by Gasteiger charge is 2.15. The first kappa shape index (κ1) is 16.3. The first-order chi connectivity index (χ1) is 9.47. The number of alkyl carbamates (subject to hydrolysis) is 1. The minimum atomic E-state index is -0.447. The van der Waals surface area contributed by atoms with Crippen molar-refractivity contribution in [1.29, 1.82) is 0 Å². The van der Waals surface area contributed by atoms with Gasteiger partial charge in [-0.3, -0.25) is 0 Å². The zero-order valence-corrected chi connectivity index (χ0v) is 12.5. The van der Waals surface area contributed by atoms with Crippen molar-refractivity contribution in [3.63, 3.8) is 0 Å². The normalized spacial score (nSPS) is 10.9. The van der Waals surface area contributed by atoms with E-state index in [0.29, 0.717) is 6.54 Å². The number of carbonyl (C=O) groups is 1. The summed E-state index contributed by atoms with van der Waals surface area (Å²) in [6, 6.07) is 10.1. The van der Waals surface area contributed by atoms with E-state index in [0.717, 1.165) is 25.3 Å². The summed E-state index contributed by atoms with van der Waals surface area (Å²) in [5, 5.41) is 9.25. The van der Waals surface area contributed by atoms with Crippen LogP contribution in [0.4, 0.5) is 10.5 Å². The number of rotatable bonds is 7. The second-order valence-corrected chi connectivity index (χ2v) is 5.47. The molecule has 0 aromatic heterocycles. The van der Waals surface area contributed by atoms with Crippen LogP contribution in [0.15, 0.2) is 30.3 Å². The highest BCUT2D eigenvalue weighted by atomic mass is 16.6. The van der Waals surface area contributed by atoms with Crippen LogP contribution >= 0.6 is 0 Å². The number of carbonyl (C=O) groups excluding carboxylic acids is 1. The third kappa shape index (κ3) is 8.37. The Balaban J connectivity index is 1.96. The standard InChI is InChI=1S/C15H25N3O2/c1-15(2,3)20-14(19)18-12-10-16-9-11-17-13-7-5-4-6-8-13/h4-8,16-17H,9-12H2,1-3H3,(H,18,19). The average Bonchev–Trinajstić information content (AvgIpc) is 2.37. The molecule has 5 nitrogen and oxygen atoms in total. The Morgan fingerprint density at radius 1 is 1.05 bits per heavy atom. The molecule has 1 rings (SSSR count). The van der Waals surface area contributed by atoms with Gasteiger partial charge in [0.2, 0.25) is 0 Å². The number of nitrogens with one attached hydrogen (secondary N) is 3. The lowest BCUT2D eigenvalue weighted by molar-refractivity contribution is 0.0528. The third-order valence-corrected chi connectivity index (χ3v) is 2.37. The summed E-state index contributed by atoms with van der Waals surface area (Å²) in [7, 11) is 0. The molecular weight excluding hydrogens is 254 g/mol. The lowest BCUT2D eigenvalue weighted by Crippen LogP contribution is -2.37. The number of anilines is 1. The summed E-state index contributed by atoms with van der Waals surface area (Å²) >= 11 is 0. The van der Waals surface area contributed by atoms with Crippen molar-refractivity contribution in [2.45, 2.75) is 26.4 Å². The van der Waals surface area contributed by atoms with E-state index in [2.05, 4.69) is 16.0 Å². The molecule has 0 unspecified atom stereocenters. The SMILES string of the molecule is CC(C)(C)OC(=O)NCCNCCNc1ccccc1. The first-order valence-corrected chi connectivity index (χ1v) is 6.94. The van der Waals surface area contributed by atoms with E-state index < -0.39 is 5.60 Å². The Labute approximate surface area is 121 Å². The van der Waals surface area contributed by atoms with Crippen LogP contribution in [0.2, 0.25) is 0 Å². The molecule has 0 spiro atoms. The van der Waals surface area contributed by atoms with Crippen molar-refractivity contribution in [2.75, 3.05) is 31.5 Å². The fraction of sp³-hybridized carbons (Fsp3) is 0.533. The van der Waals surface area contributed by atoms with Crippen molar-refractivity contribution in [1.82, 2.24) is 10.6 Å². The van der Waals surface area contributed by atoms with Crippen molar-refractivity contribution >= 4 is 11.8 Å². The first-order valence-electron chi connectivity index (χ1n) is 6.94. The minimum absolute atomic E-state index is 0.373. The second-order valence-electron chi connectivity index (χ2n) is 5.47. The predicted octanol–water partition coefficient (Wildman–Crippen LogP) is 2.21. The van der Waals surface area contributed by atoms with Crippen molar-refractivity contribution in [3.05, 3.63) is 30.3 Å². The zero-order valence-electron chi connectivity index (χ0n) is 12.5. The van der Waals surface area contributed by atoms with Gasteiger partial charge < -0.3 is 20.7 Å². The van der Waals surface area contributed by atoms with Crippen LogP contribution in [-0.4, -0.2) is 37.9 Å². The van der Waals surface area contributed by atoms with E-state index >= 15 is 0 Å². The summed E-state index contributed by atoms with van der Waals surface area (Å²) in [4.78, 5) is 11.4. The molecule has 0 aliphatic carbocycles. The van der Waals surface area contributed by atoms with Gasteiger partial charge in [-0.2, -0.15) is 0 Å². The van der Waals surface area contributed by atoms with Gasteiger partial charge in [0, 0.05) is 31.9 Å². The molecule has 0 aliphatic rings. The van der Waals surface area contributed by atoms with E-state index in [9.17, 15) is 4.79 Å². The quantitative estimate of drug-likeness (QED) is 0.670. The molecule has 1 aromatic carbocycles. The highest BCUT2D eigenvalue weighted by Crippen LogP contribution is 2.06. The molecule has 0 radical (unpaired) electrons. The maximum absolute atomic E-state index is 11.4. The highest BCUT2D eigenvalue weighted by molar-refractivity contribution is 5.67. The van der Waals surface area contributed by atoms with Gasteiger partial charge >= 0.3 is 6.09 Å². The zero-order chi connectivity index (χ0) is 14.8. The third-order valence-electron chi connectivity index (χ3n) is 2.37. The molecule has 0 bridgehead atoms. The van der Waals surface area contributed by atoms with Gasteiger partial charge in [-0.25, -0.2) is 4.79 Å². The van der Waals surface area contributed by atoms with Crippen LogP contribution in [0, 0.1) is 0 Å². The molecule has 5 heteroatoms. The summed E-state index contributed by atoms with van der Waals surface area (Å²) in [6.45, 7) is 8.50. The maximum atomic E-state index is 11.4. The van der Waals surface area contributed by atoms with Crippen LogP contribution in [0.5, 0.6) is 0 Å². The average molecular weight is 279 g/mol. The minimum Gasteiger partial charge on any atom is -0.444 e. The molecule has 0 atom stereocenters. The van der Waals surface area contributed by atoms with Crippen LogP contribution in [0.1, 0.15) is 20.8 Å². The van der Waals surface area contributed by atoms with Gasteiger partial charge in [0.25, 0.3) is 0 Å². The van der Waals surface area contributed by atoms with Crippen LogP contribution in [-0.2, 0) is 4.74 Å². The Morgan fingerprint density at radius 2 is 1.70 bits per heavy atom. The molecule has 0 fully saturated rings. The number of benzene rings is 1. The van der Waals surface area contributed by atoms with E-state index in [-0.39, 0.29) is 6.09 Å². The molecule has 0 saturated carbocycles. The molecule has 1 amide bonds. The topological polar surface area (TPSA) is 62.4 Å². The lowest BCUT2D eigenvalue weighted by atomic mass is 10.2. The summed E-state index contributed by atoms with van der Waals surface area (Å²) in [6.07, 6.45) is -0.373. The molecule has 0 saturated heterocycles.